The van der Waals surface area contributed by atoms with E-state index in [0.29, 0.717) is 11.5 Å². The molecular formula is C34H45FO. The molecule has 1 atom stereocenters. The Morgan fingerprint density at radius 2 is 1.56 bits per heavy atom. The van der Waals surface area contributed by atoms with E-state index in [1.54, 1.807) is 6.07 Å². The van der Waals surface area contributed by atoms with Crippen molar-refractivity contribution in [3.63, 3.8) is 0 Å². The van der Waals surface area contributed by atoms with Crippen LogP contribution in [0.15, 0.2) is 49.1 Å². The van der Waals surface area contributed by atoms with Gasteiger partial charge in [0.1, 0.15) is 17.7 Å². The van der Waals surface area contributed by atoms with Crippen LogP contribution >= 0.6 is 0 Å². The molecule has 0 amide bonds. The van der Waals surface area contributed by atoms with E-state index in [1.165, 1.54) is 75.3 Å². The summed E-state index contributed by atoms with van der Waals surface area (Å²) in [7, 11) is 0. The molecule has 2 heteroatoms. The van der Waals surface area contributed by atoms with Crippen LogP contribution in [0.2, 0.25) is 0 Å². The molecule has 194 valence electrons. The van der Waals surface area contributed by atoms with Gasteiger partial charge in [0.05, 0.1) is 0 Å². The molecule has 5 rings (SSSR count). The highest BCUT2D eigenvalue weighted by Gasteiger charge is 2.35. The lowest BCUT2D eigenvalue weighted by molar-refractivity contribution is 0.0597. The van der Waals surface area contributed by atoms with Gasteiger partial charge in [0, 0.05) is 11.6 Å². The first-order chi connectivity index (χ1) is 17.6. The fourth-order valence-electron chi connectivity index (χ4n) is 7.41. The Hall–Kier alpha value is -2.09. The minimum absolute atomic E-state index is 0.162. The number of hydrogen-bond donors (Lipinski definition) is 0. The molecule has 2 fully saturated rings. The Balaban J connectivity index is 1.15. The summed E-state index contributed by atoms with van der Waals surface area (Å²) in [5, 5.41) is 0. The molecular weight excluding hydrogens is 443 g/mol. The van der Waals surface area contributed by atoms with Gasteiger partial charge in [-0.25, -0.2) is 4.39 Å². The molecule has 0 bridgehead atoms. The van der Waals surface area contributed by atoms with Gasteiger partial charge in [0.25, 0.3) is 0 Å². The van der Waals surface area contributed by atoms with E-state index in [2.05, 4.69) is 43.8 Å². The van der Waals surface area contributed by atoms with Crippen LogP contribution < -0.4 is 4.74 Å². The second-order valence-corrected chi connectivity index (χ2v) is 11.9. The molecule has 2 saturated carbocycles. The van der Waals surface area contributed by atoms with Gasteiger partial charge in [-0.3, -0.25) is 0 Å². The summed E-state index contributed by atoms with van der Waals surface area (Å²) >= 11 is 0. The highest BCUT2D eigenvalue weighted by Crippen LogP contribution is 2.45. The molecule has 2 aromatic rings. The van der Waals surface area contributed by atoms with Crippen molar-refractivity contribution in [2.24, 2.45) is 23.7 Å². The van der Waals surface area contributed by atoms with Crippen molar-refractivity contribution < 1.29 is 9.13 Å². The molecule has 1 nitrogen and oxygen atoms in total. The number of fused-ring (bicyclic) bond motifs is 1. The second kappa shape index (κ2) is 12.0. The van der Waals surface area contributed by atoms with Gasteiger partial charge in [-0.15, -0.1) is 6.58 Å². The van der Waals surface area contributed by atoms with Crippen LogP contribution in [-0.2, 0) is 12.8 Å². The summed E-state index contributed by atoms with van der Waals surface area (Å²) in [5.74, 6) is 4.06. The molecule has 2 aliphatic carbocycles. The van der Waals surface area contributed by atoms with Crippen molar-refractivity contribution in [1.82, 2.24) is 0 Å². The third kappa shape index (κ3) is 5.90. The zero-order valence-electron chi connectivity index (χ0n) is 22.3. The van der Waals surface area contributed by atoms with Crippen LogP contribution in [0.25, 0.3) is 11.1 Å². The van der Waals surface area contributed by atoms with Crippen molar-refractivity contribution >= 4 is 0 Å². The molecule has 0 saturated heterocycles. The quantitative estimate of drug-likeness (QED) is 0.336. The van der Waals surface area contributed by atoms with Gasteiger partial charge in [-0.05, 0) is 117 Å². The maximum atomic E-state index is 15.1. The van der Waals surface area contributed by atoms with E-state index in [1.807, 2.05) is 6.07 Å². The second-order valence-electron chi connectivity index (χ2n) is 11.9. The van der Waals surface area contributed by atoms with Crippen LogP contribution in [0.3, 0.4) is 0 Å². The van der Waals surface area contributed by atoms with E-state index < -0.39 is 0 Å². The molecule has 1 unspecified atom stereocenters. The SMILES string of the molecule is C=CCCC1CCC(C2CCC(C3CCc4cc(-c5ccc(CCC)cc5)c(F)cc4O3)CC2)CC1. The fourth-order valence-corrected chi connectivity index (χ4v) is 7.41. The minimum Gasteiger partial charge on any atom is -0.490 e. The summed E-state index contributed by atoms with van der Waals surface area (Å²) < 4.78 is 21.6. The van der Waals surface area contributed by atoms with Crippen molar-refractivity contribution in [3.05, 3.63) is 66.0 Å². The topological polar surface area (TPSA) is 9.23 Å². The maximum Gasteiger partial charge on any atom is 0.134 e. The number of halogens is 1. The molecule has 36 heavy (non-hydrogen) atoms. The summed E-state index contributed by atoms with van der Waals surface area (Å²) in [6.07, 6.45) is 20.1. The van der Waals surface area contributed by atoms with Gasteiger partial charge in [-0.2, -0.15) is 0 Å². The van der Waals surface area contributed by atoms with E-state index >= 15 is 4.39 Å². The Morgan fingerprint density at radius 1 is 0.889 bits per heavy atom. The van der Waals surface area contributed by atoms with Gasteiger partial charge in [0.2, 0.25) is 0 Å². The standard InChI is InChI=1S/C34H45FO/c1-3-5-7-25-8-12-26(13-9-25)27-16-18-29(19-17-27)33-21-20-30-22-31(32(35)23-34(30)36-33)28-14-10-24(6-4-2)11-15-28/h3,10-11,14-15,22-23,25-27,29,33H,1,4-9,12-13,16-21H2,2H3. The molecule has 0 radical (unpaired) electrons. The average molecular weight is 489 g/mol. The van der Waals surface area contributed by atoms with Crippen molar-refractivity contribution in [3.8, 4) is 16.9 Å². The van der Waals surface area contributed by atoms with Crippen molar-refractivity contribution in [2.75, 3.05) is 0 Å². The van der Waals surface area contributed by atoms with Crippen LogP contribution in [0.5, 0.6) is 5.75 Å². The average Bonchev–Trinajstić information content (AvgIpc) is 2.92. The molecule has 0 N–H and O–H groups in total. The lowest BCUT2D eigenvalue weighted by Gasteiger charge is -2.40. The number of hydrogen-bond acceptors (Lipinski definition) is 1. The molecule has 1 heterocycles. The molecule has 2 aromatic carbocycles. The maximum absolute atomic E-state index is 15.1. The normalized spacial score (nSPS) is 28.2. The lowest BCUT2D eigenvalue weighted by Crippen LogP contribution is -2.35. The Labute approximate surface area is 218 Å². The molecule has 0 aromatic heterocycles. The predicted molar refractivity (Wildman–Crippen MR) is 149 cm³/mol. The van der Waals surface area contributed by atoms with Crippen LogP contribution in [0, 0.1) is 29.5 Å². The van der Waals surface area contributed by atoms with E-state index in [4.69, 9.17) is 4.74 Å². The molecule has 0 spiro atoms. The Bertz CT molecular complexity index is 993. The van der Waals surface area contributed by atoms with Crippen molar-refractivity contribution in [1.29, 1.82) is 0 Å². The largest absolute Gasteiger partial charge is 0.490 e. The highest BCUT2D eigenvalue weighted by molar-refractivity contribution is 5.67. The third-order valence-electron chi connectivity index (χ3n) is 9.61. The zero-order chi connectivity index (χ0) is 24.9. The Morgan fingerprint density at radius 3 is 2.22 bits per heavy atom. The minimum atomic E-state index is -0.162. The van der Waals surface area contributed by atoms with Crippen LogP contribution in [0.4, 0.5) is 4.39 Å². The summed E-state index contributed by atoms with van der Waals surface area (Å²) in [4.78, 5) is 0. The van der Waals surface area contributed by atoms with Gasteiger partial charge in [0.15, 0.2) is 0 Å². The first-order valence-corrected chi connectivity index (χ1v) is 14.8. The first-order valence-electron chi connectivity index (χ1n) is 14.8. The van der Waals surface area contributed by atoms with Crippen LogP contribution in [0.1, 0.15) is 95.1 Å². The first kappa shape index (κ1) is 25.6. The number of rotatable bonds is 8. The predicted octanol–water partition coefficient (Wildman–Crippen LogP) is 9.72. The summed E-state index contributed by atoms with van der Waals surface area (Å²) in [6.45, 7) is 6.08. The van der Waals surface area contributed by atoms with Crippen LogP contribution in [-0.4, -0.2) is 6.10 Å². The monoisotopic (exact) mass is 488 g/mol. The van der Waals surface area contributed by atoms with E-state index in [-0.39, 0.29) is 11.9 Å². The summed E-state index contributed by atoms with van der Waals surface area (Å²) in [6, 6.07) is 12.1. The fraction of sp³-hybridized carbons (Fsp3) is 0.588. The van der Waals surface area contributed by atoms with E-state index in [9.17, 15) is 0 Å². The molecule has 3 aliphatic rings. The smallest absolute Gasteiger partial charge is 0.134 e. The number of allylic oxidation sites excluding steroid dienone is 1. The highest BCUT2D eigenvalue weighted by atomic mass is 19.1. The molecule has 1 aliphatic heterocycles. The lowest BCUT2D eigenvalue weighted by atomic mass is 9.67. The number of ether oxygens (including phenoxy) is 1. The summed E-state index contributed by atoms with van der Waals surface area (Å²) in [5.41, 5.74) is 4.16. The Kier molecular flexibility index (Phi) is 8.50. The van der Waals surface area contributed by atoms with Gasteiger partial charge >= 0.3 is 0 Å². The number of benzene rings is 2. The number of aryl methyl sites for hydroxylation is 2. The van der Waals surface area contributed by atoms with Crippen molar-refractivity contribution in [2.45, 2.75) is 103 Å². The van der Waals surface area contributed by atoms with Gasteiger partial charge in [-0.1, -0.05) is 56.5 Å². The van der Waals surface area contributed by atoms with E-state index in [0.717, 1.165) is 54.7 Å². The third-order valence-corrected chi connectivity index (χ3v) is 9.61. The zero-order valence-corrected chi connectivity index (χ0v) is 22.3. The van der Waals surface area contributed by atoms with Gasteiger partial charge < -0.3 is 4.74 Å².